The Morgan fingerprint density at radius 1 is 1.20 bits per heavy atom. The molecule has 3 heterocycles. The Morgan fingerprint density at radius 3 is 2.70 bits per heavy atom. The van der Waals surface area contributed by atoms with Crippen molar-refractivity contribution in [2.24, 2.45) is 5.92 Å². The number of carbonyl (C=O) groups is 2. The highest BCUT2D eigenvalue weighted by molar-refractivity contribution is 5.95. The average Bonchev–Trinajstić information content (AvgIpc) is 3.21. The second kappa shape index (κ2) is 9.30. The second-order valence-electron chi connectivity index (χ2n) is 7.66. The van der Waals surface area contributed by atoms with Crippen LogP contribution in [0.3, 0.4) is 0 Å². The number of benzene rings is 1. The quantitative estimate of drug-likeness (QED) is 0.781. The number of nitrogens with one attached hydrogen (secondary N) is 1. The number of hydrogen-bond donors (Lipinski definition) is 1. The molecule has 0 radical (unpaired) electrons. The molecule has 1 fully saturated rings. The van der Waals surface area contributed by atoms with Crippen LogP contribution in [0.1, 0.15) is 39.8 Å². The summed E-state index contributed by atoms with van der Waals surface area (Å²) >= 11 is 0. The molecule has 1 saturated heterocycles. The Morgan fingerprint density at radius 2 is 1.97 bits per heavy atom. The van der Waals surface area contributed by atoms with E-state index in [-0.39, 0.29) is 17.7 Å². The van der Waals surface area contributed by atoms with Gasteiger partial charge in [-0.1, -0.05) is 0 Å². The Kier molecular flexibility index (Phi) is 6.32. The Labute approximate surface area is 176 Å². The first-order valence-corrected chi connectivity index (χ1v) is 10.6. The van der Waals surface area contributed by atoms with Crippen molar-refractivity contribution in [3.05, 3.63) is 47.3 Å². The molecule has 8 nitrogen and oxygen atoms in total. The van der Waals surface area contributed by atoms with Crippen LogP contribution in [-0.2, 0) is 17.7 Å². The lowest BCUT2D eigenvalue weighted by Crippen LogP contribution is -2.41. The highest BCUT2D eigenvalue weighted by atomic mass is 16.5. The number of nitrogens with zero attached hydrogens (tertiary/aromatic N) is 3. The first-order valence-electron chi connectivity index (χ1n) is 10.6. The van der Waals surface area contributed by atoms with Crippen molar-refractivity contribution in [1.82, 2.24) is 20.0 Å². The van der Waals surface area contributed by atoms with Gasteiger partial charge in [-0.05, 0) is 49.9 Å². The van der Waals surface area contributed by atoms with Gasteiger partial charge in [-0.2, -0.15) is 5.10 Å². The van der Waals surface area contributed by atoms with E-state index >= 15 is 0 Å². The summed E-state index contributed by atoms with van der Waals surface area (Å²) in [5, 5.41) is 7.45. The molecular formula is C22H28N4O4. The van der Waals surface area contributed by atoms with Crippen LogP contribution in [-0.4, -0.2) is 65.9 Å². The molecule has 160 valence electrons. The average molecular weight is 412 g/mol. The van der Waals surface area contributed by atoms with Crippen molar-refractivity contribution in [3.8, 4) is 5.75 Å². The number of fused-ring (bicyclic) bond motifs is 1. The number of ether oxygens (including phenoxy) is 2. The van der Waals surface area contributed by atoms with Gasteiger partial charge < -0.3 is 19.7 Å². The van der Waals surface area contributed by atoms with E-state index in [4.69, 9.17) is 9.47 Å². The van der Waals surface area contributed by atoms with E-state index in [1.165, 1.54) is 0 Å². The molecule has 1 N–H and O–H groups in total. The van der Waals surface area contributed by atoms with Crippen LogP contribution in [0, 0.1) is 5.92 Å². The van der Waals surface area contributed by atoms with Gasteiger partial charge in [0, 0.05) is 31.7 Å². The number of aryl methyl sites for hydroxylation is 1. The zero-order chi connectivity index (χ0) is 20.9. The minimum Gasteiger partial charge on any atom is -0.494 e. The molecule has 1 aromatic heterocycles. The highest BCUT2D eigenvalue weighted by Gasteiger charge is 2.28. The number of morpholine rings is 1. The SMILES string of the molecule is CCOc1ccc(C(=O)NCC2CCn3ncc(C(=O)N4CCOCC4)c3C2)cc1. The van der Waals surface area contributed by atoms with Crippen LogP contribution >= 0.6 is 0 Å². The standard InChI is InChI=1S/C22H28N4O4/c1-2-30-18-5-3-17(4-6-18)21(27)23-14-16-7-8-26-20(13-16)19(15-24-26)22(28)25-9-11-29-12-10-25/h3-6,15-16H,2,7-14H2,1H3,(H,23,27). The van der Waals surface area contributed by atoms with E-state index in [1.54, 1.807) is 30.5 Å². The fourth-order valence-corrected chi connectivity index (χ4v) is 4.00. The van der Waals surface area contributed by atoms with Crippen LogP contribution in [0.4, 0.5) is 0 Å². The van der Waals surface area contributed by atoms with Crippen LogP contribution in [0.2, 0.25) is 0 Å². The van der Waals surface area contributed by atoms with Crippen molar-refractivity contribution in [3.63, 3.8) is 0 Å². The number of amides is 2. The molecule has 2 aliphatic rings. The van der Waals surface area contributed by atoms with Crippen molar-refractivity contribution in [1.29, 1.82) is 0 Å². The molecule has 8 heteroatoms. The summed E-state index contributed by atoms with van der Waals surface area (Å²) in [6, 6.07) is 7.16. The van der Waals surface area contributed by atoms with Crippen LogP contribution < -0.4 is 10.1 Å². The lowest BCUT2D eigenvalue weighted by atomic mass is 9.94. The summed E-state index contributed by atoms with van der Waals surface area (Å²) in [7, 11) is 0. The molecule has 4 rings (SSSR count). The fourth-order valence-electron chi connectivity index (χ4n) is 4.00. The normalized spacial score (nSPS) is 18.6. The summed E-state index contributed by atoms with van der Waals surface area (Å²) in [5.41, 5.74) is 2.26. The Balaban J connectivity index is 1.35. The molecule has 0 bridgehead atoms. The molecule has 2 aromatic rings. The summed E-state index contributed by atoms with van der Waals surface area (Å²) < 4.78 is 12.7. The molecular weight excluding hydrogens is 384 g/mol. The Bertz CT molecular complexity index is 887. The third-order valence-corrected chi connectivity index (χ3v) is 5.69. The molecule has 0 aliphatic carbocycles. The van der Waals surface area contributed by atoms with Crippen molar-refractivity contribution < 1.29 is 19.1 Å². The molecule has 2 amide bonds. The van der Waals surface area contributed by atoms with E-state index in [0.717, 1.165) is 30.8 Å². The summed E-state index contributed by atoms with van der Waals surface area (Å²) in [6.45, 7) is 6.25. The van der Waals surface area contributed by atoms with Gasteiger partial charge in [0.1, 0.15) is 5.75 Å². The number of aromatic nitrogens is 2. The lowest BCUT2D eigenvalue weighted by Gasteiger charge is -2.28. The van der Waals surface area contributed by atoms with E-state index < -0.39 is 0 Å². The number of hydrogen-bond acceptors (Lipinski definition) is 5. The highest BCUT2D eigenvalue weighted by Crippen LogP contribution is 2.24. The third kappa shape index (κ3) is 4.48. The van der Waals surface area contributed by atoms with Crippen LogP contribution in [0.5, 0.6) is 5.75 Å². The smallest absolute Gasteiger partial charge is 0.257 e. The van der Waals surface area contributed by atoms with Gasteiger partial charge in [-0.15, -0.1) is 0 Å². The first kappa shape index (κ1) is 20.4. The Hall–Kier alpha value is -2.87. The maximum absolute atomic E-state index is 12.9. The van der Waals surface area contributed by atoms with Crippen molar-refractivity contribution in [2.45, 2.75) is 26.3 Å². The van der Waals surface area contributed by atoms with Crippen LogP contribution in [0.15, 0.2) is 30.5 Å². The summed E-state index contributed by atoms with van der Waals surface area (Å²) in [6.07, 6.45) is 3.34. The van der Waals surface area contributed by atoms with E-state index in [9.17, 15) is 9.59 Å². The summed E-state index contributed by atoms with van der Waals surface area (Å²) in [4.78, 5) is 27.2. The van der Waals surface area contributed by atoms with E-state index in [1.807, 2.05) is 16.5 Å². The zero-order valence-corrected chi connectivity index (χ0v) is 17.3. The van der Waals surface area contributed by atoms with Crippen molar-refractivity contribution >= 4 is 11.8 Å². The zero-order valence-electron chi connectivity index (χ0n) is 17.3. The minimum absolute atomic E-state index is 0.0265. The molecule has 1 unspecified atom stereocenters. The predicted molar refractivity (Wildman–Crippen MR) is 111 cm³/mol. The van der Waals surface area contributed by atoms with Crippen LogP contribution in [0.25, 0.3) is 0 Å². The maximum atomic E-state index is 12.9. The van der Waals surface area contributed by atoms with E-state index in [0.29, 0.717) is 50.6 Å². The molecule has 0 spiro atoms. The second-order valence-corrected chi connectivity index (χ2v) is 7.66. The largest absolute Gasteiger partial charge is 0.494 e. The van der Waals surface area contributed by atoms with Gasteiger partial charge >= 0.3 is 0 Å². The first-order chi connectivity index (χ1) is 14.7. The van der Waals surface area contributed by atoms with E-state index in [2.05, 4.69) is 10.4 Å². The van der Waals surface area contributed by atoms with Gasteiger partial charge in [-0.25, -0.2) is 0 Å². The minimum atomic E-state index is -0.0956. The van der Waals surface area contributed by atoms with Gasteiger partial charge in [0.25, 0.3) is 11.8 Å². The van der Waals surface area contributed by atoms with Gasteiger partial charge in [0.2, 0.25) is 0 Å². The monoisotopic (exact) mass is 412 g/mol. The lowest BCUT2D eigenvalue weighted by molar-refractivity contribution is 0.0301. The van der Waals surface area contributed by atoms with Gasteiger partial charge in [0.05, 0.1) is 37.3 Å². The fraction of sp³-hybridized carbons (Fsp3) is 0.500. The topological polar surface area (TPSA) is 85.7 Å². The number of carbonyl (C=O) groups excluding carboxylic acids is 2. The van der Waals surface area contributed by atoms with Gasteiger partial charge in [-0.3, -0.25) is 14.3 Å². The number of rotatable bonds is 6. The molecule has 30 heavy (non-hydrogen) atoms. The van der Waals surface area contributed by atoms with Crippen molar-refractivity contribution in [2.75, 3.05) is 39.5 Å². The molecule has 2 aliphatic heterocycles. The molecule has 0 saturated carbocycles. The molecule has 1 aromatic carbocycles. The maximum Gasteiger partial charge on any atom is 0.257 e. The molecule has 1 atom stereocenters. The summed E-state index contributed by atoms with van der Waals surface area (Å²) in [5.74, 6) is 0.963. The van der Waals surface area contributed by atoms with Gasteiger partial charge in [0.15, 0.2) is 0 Å². The third-order valence-electron chi connectivity index (χ3n) is 5.69. The predicted octanol–water partition coefficient (Wildman–Crippen LogP) is 1.75.